The molecule has 0 unspecified atom stereocenters. The number of alkyl halides is 1. The summed E-state index contributed by atoms with van der Waals surface area (Å²) in [5.74, 6) is 0. The van der Waals surface area contributed by atoms with E-state index in [1.807, 2.05) is 18.2 Å². The quantitative estimate of drug-likeness (QED) is 0.326. The van der Waals surface area contributed by atoms with Crippen LogP contribution in [0, 0.1) is 6.92 Å². The van der Waals surface area contributed by atoms with Crippen LogP contribution in [0.3, 0.4) is 0 Å². The number of hydrogen-bond acceptors (Lipinski definition) is 0. The van der Waals surface area contributed by atoms with E-state index in [0.717, 1.165) is 10.9 Å². The third kappa shape index (κ3) is 2.42. The molecule has 2 heteroatoms. The van der Waals surface area contributed by atoms with Crippen LogP contribution in [0.1, 0.15) is 11.1 Å². The molecule has 0 atom stereocenters. The minimum atomic E-state index is 0. The van der Waals surface area contributed by atoms with Crippen molar-refractivity contribution < 1.29 is 18.9 Å². The SMILES string of the molecule is [CH2-]c1ccccc1CBr.[Li+]. The summed E-state index contributed by atoms with van der Waals surface area (Å²) in [5, 5.41) is 0.896. The van der Waals surface area contributed by atoms with Crippen LogP contribution in [-0.4, -0.2) is 0 Å². The van der Waals surface area contributed by atoms with Gasteiger partial charge in [0.1, 0.15) is 0 Å². The Morgan fingerprint density at radius 3 is 2.30 bits per heavy atom. The first-order chi connectivity index (χ1) is 4.34. The molecular weight excluding hydrogens is 183 g/mol. The van der Waals surface area contributed by atoms with Crippen LogP contribution < -0.4 is 18.9 Å². The minimum absolute atomic E-state index is 0. The Balaban J connectivity index is 0.000000810. The second kappa shape index (κ2) is 4.90. The molecule has 0 radical (unpaired) electrons. The zero-order valence-corrected chi connectivity index (χ0v) is 7.69. The molecule has 0 aliphatic rings. The molecule has 0 amide bonds. The Morgan fingerprint density at radius 1 is 1.30 bits per heavy atom. The number of rotatable bonds is 1. The molecular formula is C8H8BrLi. The molecule has 1 aromatic rings. The molecule has 0 heterocycles. The average Bonchev–Trinajstić information content (AvgIpc) is 1.89. The Kier molecular flexibility index (Phi) is 4.99. The van der Waals surface area contributed by atoms with Gasteiger partial charge in [0.05, 0.1) is 0 Å². The van der Waals surface area contributed by atoms with Gasteiger partial charge in [-0.25, -0.2) is 0 Å². The van der Waals surface area contributed by atoms with E-state index in [2.05, 4.69) is 28.9 Å². The fourth-order valence-electron chi connectivity index (χ4n) is 0.688. The molecule has 1 aromatic carbocycles. The Hall–Kier alpha value is 0.167. The first kappa shape index (κ1) is 10.2. The smallest absolute Gasteiger partial charge is 0.198 e. The third-order valence-corrected chi connectivity index (χ3v) is 1.87. The second-order valence-electron chi connectivity index (χ2n) is 1.90. The fraction of sp³-hybridized carbons (Fsp3) is 0.125. The van der Waals surface area contributed by atoms with Gasteiger partial charge >= 0.3 is 18.9 Å². The zero-order valence-electron chi connectivity index (χ0n) is 6.10. The zero-order chi connectivity index (χ0) is 6.69. The van der Waals surface area contributed by atoms with Crippen molar-refractivity contribution in [2.45, 2.75) is 5.33 Å². The standard InChI is InChI=1S/C8H8Br.Li/c1-7-4-2-3-5-8(7)6-9;/h2-5H,1,6H2;/q-1;+1. The summed E-state index contributed by atoms with van der Waals surface area (Å²) >= 11 is 3.37. The van der Waals surface area contributed by atoms with Crippen molar-refractivity contribution in [1.82, 2.24) is 0 Å². The van der Waals surface area contributed by atoms with Crippen molar-refractivity contribution in [3.05, 3.63) is 42.3 Å². The van der Waals surface area contributed by atoms with Gasteiger partial charge in [0.25, 0.3) is 0 Å². The van der Waals surface area contributed by atoms with E-state index in [0.29, 0.717) is 0 Å². The Bertz CT molecular complexity index is 198. The van der Waals surface area contributed by atoms with Crippen LogP contribution >= 0.6 is 15.9 Å². The maximum Gasteiger partial charge on any atom is 1.00 e. The normalized spacial score (nSPS) is 8.50. The topological polar surface area (TPSA) is 0 Å². The Labute approximate surface area is 82.3 Å². The summed E-state index contributed by atoms with van der Waals surface area (Å²) in [4.78, 5) is 0. The second-order valence-corrected chi connectivity index (χ2v) is 2.46. The van der Waals surface area contributed by atoms with Crippen LogP contribution in [0.4, 0.5) is 0 Å². The van der Waals surface area contributed by atoms with Crippen molar-refractivity contribution in [2.75, 3.05) is 0 Å². The molecule has 0 spiro atoms. The third-order valence-electron chi connectivity index (χ3n) is 1.26. The van der Waals surface area contributed by atoms with Gasteiger partial charge in [-0.2, -0.15) is 18.6 Å². The van der Waals surface area contributed by atoms with E-state index in [9.17, 15) is 0 Å². The molecule has 0 aromatic heterocycles. The molecule has 1 rings (SSSR count). The fourth-order valence-corrected chi connectivity index (χ4v) is 1.23. The Morgan fingerprint density at radius 2 is 1.90 bits per heavy atom. The van der Waals surface area contributed by atoms with Gasteiger partial charge < -0.3 is 0 Å². The van der Waals surface area contributed by atoms with Crippen molar-refractivity contribution >= 4 is 15.9 Å². The van der Waals surface area contributed by atoms with Crippen LogP contribution in [0.15, 0.2) is 24.3 Å². The molecule has 0 aliphatic heterocycles. The molecule has 0 aliphatic carbocycles. The van der Waals surface area contributed by atoms with Gasteiger partial charge in [0.15, 0.2) is 0 Å². The summed E-state index contributed by atoms with van der Waals surface area (Å²) < 4.78 is 0. The van der Waals surface area contributed by atoms with Gasteiger partial charge in [-0.3, -0.25) is 0 Å². The largest absolute Gasteiger partial charge is 1.00 e. The van der Waals surface area contributed by atoms with Crippen molar-refractivity contribution in [1.29, 1.82) is 0 Å². The van der Waals surface area contributed by atoms with E-state index in [-0.39, 0.29) is 18.9 Å². The summed E-state index contributed by atoms with van der Waals surface area (Å²) in [5.41, 5.74) is 2.37. The van der Waals surface area contributed by atoms with Crippen LogP contribution in [0.2, 0.25) is 0 Å². The predicted molar refractivity (Wildman–Crippen MR) is 43.5 cm³/mol. The predicted octanol–water partition coefficient (Wildman–Crippen LogP) is -0.232. The molecule has 0 N–H and O–H groups in total. The summed E-state index contributed by atoms with van der Waals surface area (Å²) in [7, 11) is 0. The molecule has 10 heavy (non-hydrogen) atoms. The van der Waals surface area contributed by atoms with Gasteiger partial charge in [0.2, 0.25) is 0 Å². The number of benzene rings is 1. The van der Waals surface area contributed by atoms with Crippen LogP contribution in [0.25, 0.3) is 0 Å². The van der Waals surface area contributed by atoms with E-state index in [1.165, 1.54) is 5.56 Å². The first-order valence-electron chi connectivity index (χ1n) is 2.80. The summed E-state index contributed by atoms with van der Waals surface area (Å²) in [6.45, 7) is 3.86. The van der Waals surface area contributed by atoms with Crippen molar-refractivity contribution in [2.24, 2.45) is 0 Å². The van der Waals surface area contributed by atoms with Gasteiger partial charge in [-0.05, 0) is 5.33 Å². The maximum absolute atomic E-state index is 3.86. The molecule has 0 nitrogen and oxygen atoms in total. The van der Waals surface area contributed by atoms with E-state index in [4.69, 9.17) is 0 Å². The molecule has 0 bridgehead atoms. The van der Waals surface area contributed by atoms with E-state index < -0.39 is 0 Å². The van der Waals surface area contributed by atoms with E-state index in [1.54, 1.807) is 0 Å². The van der Waals surface area contributed by atoms with Gasteiger partial charge in [-0.15, -0.1) is 33.6 Å². The van der Waals surface area contributed by atoms with Crippen LogP contribution in [0.5, 0.6) is 0 Å². The maximum atomic E-state index is 3.86. The van der Waals surface area contributed by atoms with Gasteiger partial charge in [0, 0.05) is 0 Å². The van der Waals surface area contributed by atoms with Crippen LogP contribution in [-0.2, 0) is 5.33 Å². The summed E-state index contributed by atoms with van der Waals surface area (Å²) in [6.07, 6.45) is 0. The van der Waals surface area contributed by atoms with Crippen molar-refractivity contribution in [3.63, 3.8) is 0 Å². The van der Waals surface area contributed by atoms with E-state index >= 15 is 0 Å². The van der Waals surface area contributed by atoms with Gasteiger partial charge in [-0.1, -0.05) is 6.07 Å². The monoisotopic (exact) mass is 190 g/mol. The minimum Gasteiger partial charge on any atom is -0.198 e. The number of halogens is 1. The molecule has 48 valence electrons. The average molecular weight is 191 g/mol. The summed E-state index contributed by atoms with van der Waals surface area (Å²) in [6, 6.07) is 8.09. The van der Waals surface area contributed by atoms with Crippen molar-refractivity contribution in [3.8, 4) is 0 Å². The molecule has 0 saturated heterocycles. The molecule has 0 saturated carbocycles. The molecule has 0 fully saturated rings. The first-order valence-corrected chi connectivity index (χ1v) is 3.92. The number of hydrogen-bond donors (Lipinski definition) is 0.